The molecule has 1 aliphatic heterocycles. The molecule has 0 radical (unpaired) electrons. The summed E-state index contributed by atoms with van der Waals surface area (Å²) in [7, 11) is 5.66. The summed E-state index contributed by atoms with van der Waals surface area (Å²) in [5.41, 5.74) is 0. The van der Waals surface area contributed by atoms with E-state index in [1.54, 1.807) is 6.92 Å². The smallest absolute Gasteiger partial charge is 0.326 e. The van der Waals surface area contributed by atoms with E-state index in [4.69, 9.17) is 10.2 Å². The van der Waals surface area contributed by atoms with Gasteiger partial charge in [-0.3, -0.25) is 4.79 Å². The first kappa shape index (κ1) is 23.7. The van der Waals surface area contributed by atoms with Crippen molar-refractivity contribution in [3.63, 3.8) is 0 Å². The molecular weight excluding hydrogens is 348 g/mol. The number of rotatable bonds is 7. The van der Waals surface area contributed by atoms with E-state index in [0.717, 1.165) is 6.42 Å². The zero-order valence-corrected chi connectivity index (χ0v) is 16.2. The third-order valence-electron chi connectivity index (χ3n) is 3.68. The maximum absolute atomic E-state index is 11.7. The van der Waals surface area contributed by atoms with E-state index in [0.29, 0.717) is 29.7 Å². The molecule has 0 aromatic rings. The number of likely N-dealkylation sites (tertiary alicyclic amines) is 1. The van der Waals surface area contributed by atoms with Crippen molar-refractivity contribution in [2.75, 3.05) is 40.0 Å². The monoisotopic (exact) mass is 378 g/mol. The molecule has 1 amide bonds. The van der Waals surface area contributed by atoms with Crippen molar-refractivity contribution in [2.45, 2.75) is 38.3 Å². The molecular formula is C16H30N2O6S. The molecule has 0 aromatic carbocycles. The number of carboxylic acids is 2. The third kappa shape index (κ3) is 9.66. The number of quaternary nitrogens is 1. The first-order valence-corrected chi connectivity index (χ1v) is 8.84. The molecule has 2 N–H and O–H groups in total. The molecule has 1 saturated heterocycles. The second-order valence-electron chi connectivity index (χ2n) is 7.31. The fourth-order valence-electron chi connectivity index (χ4n) is 2.54. The summed E-state index contributed by atoms with van der Waals surface area (Å²) < 4.78 is 0.550. The van der Waals surface area contributed by atoms with Gasteiger partial charge in [-0.1, -0.05) is 6.92 Å². The summed E-state index contributed by atoms with van der Waals surface area (Å²) in [5, 5.41) is 28.0. The van der Waals surface area contributed by atoms with E-state index in [2.05, 4.69) is 12.6 Å². The maximum atomic E-state index is 11.7. The second-order valence-corrected chi connectivity index (χ2v) is 7.68. The Labute approximate surface area is 154 Å². The Morgan fingerprint density at radius 2 is 1.88 bits per heavy atom. The van der Waals surface area contributed by atoms with Crippen molar-refractivity contribution in [1.29, 1.82) is 0 Å². The highest BCUT2D eigenvalue weighted by Gasteiger charge is 2.35. The van der Waals surface area contributed by atoms with Gasteiger partial charge in [0.15, 0.2) is 0 Å². The number of likely N-dealkylation sites (N-methyl/N-ethyl adjacent to an activating group) is 1. The average Bonchev–Trinajstić information content (AvgIpc) is 2.92. The van der Waals surface area contributed by atoms with Crippen LogP contribution in [0.1, 0.15) is 26.2 Å². The molecule has 8 nitrogen and oxygen atoms in total. The summed E-state index contributed by atoms with van der Waals surface area (Å²) in [6.07, 6.45) is 0.262. The summed E-state index contributed by atoms with van der Waals surface area (Å²) >= 11 is 4.03. The van der Waals surface area contributed by atoms with Crippen molar-refractivity contribution in [3.05, 3.63) is 0 Å². The Morgan fingerprint density at radius 1 is 1.32 bits per heavy atom. The number of carbonyl (C=O) groups excluding carboxylic acids is 2. The second kappa shape index (κ2) is 10.6. The van der Waals surface area contributed by atoms with Crippen molar-refractivity contribution >= 4 is 30.5 Å². The van der Waals surface area contributed by atoms with Crippen LogP contribution in [0.25, 0.3) is 0 Å². The Bertz CT molecular complexity index is 466. The molecule has 0 spiro atoms. The lowest BCUT2D eigenvalue weighted by Crippen LogP contribution is -2.43. The van der Waals surface area contributed by atoms with Crippen LogP contribution in [-0.2, 0) is 14.4 Å². The van der Waals surface area contributed by atoms with E-state index in [-0.39, 0.29) is 18.2 Å². The first-order valence-electron chi connectivity index (χ1n) is 8.21. The van der Waals surface area contributed by atoms with Gasteiger partial charge in [0.05, 0.1) is 21.1 Å². The van der Waals surface area contributed by atoms with E-state index >= 15 is 0 Å². The molecule has 1 aliphatic rings. The van der Waals surface area contributed by atoms with Gasteiger partial charge in [0, 0.05) is 30.6 Å². The quantitative estimate of drug-likeness (QED) is 0.379. The molecule has 0 aromatic heterocycles. The highest BCUT2D eigenvalue weighted by molar-refractivity contribution is 7.80. The molecule has 9 heteroatoms. The Morgan fingerprint density at radius 3 is 2.28 bits per heavy atom. The summed E-state index contributed by atoms with van der Waals surface area (Å²) in [6.45, 7) is 2.76. The number of nitrogens with zero attached hydrogens (tertiary/aromatic N) is 2. The molecule has 1 fully saturated rings. The van der Waals surface area contributed by atoms with Gasteiger partial charge in [0.25, 0.3) is 0 Å². The van der Waals surface area contributed by atoms with Gasteiger partial charge in [-0.2, -0.15) is 12.6 Å². The van der Waals surface area contributed by atoms with Crippen LogP contribution in [0.3, 0.4) is 0 Å². The highest BCUT2D eigenvalue weighted by atomic mass is 32.1. The van der Waals surface area contributed by atoms with Crippen molar-refractivity contribution in [1.82, 2.24) is 4.90 Å². The normalized spacial score (nSPS) is 19.6. The lowest BCUT2D eigenvalue weighted by Gasteiger charge is -2.26. The van der Waals surface area contributed by atoms with Gasteiger partial charge in [0.1, 0.15) is 18.7 Å². The van der Waals surface area contributed by atoms with Crippen LogP contribution in [0.2, 0.25) is 0 Å². The van der Waals surface area contributed by atoms with E-state index in [1.807, 2.05) is 21.1 Å². The van der Waals surface area contributed by atoms with Crippen molar-refractivity contribution in [2.24, 2.45) is 5.92 Å². The van der Waals surface area contributed by atoms with E-state index < -0.39 is 24.1 Å². The first-order chi connectivity index (χ1) is 11.4. The number of aliphatic hydroxyl groups is 1. The van der Waals surface area contributed by atoms with Gasteiger partial charge in [-0.05, 0) is 12.8 Å². The van der Waals surface area contributed by atoms with Gasteiger partial charge >= 0.3 is 5.97 Å². The maximum Gasteiger partial charge on any atom is 0.326 e. The Balaban J connectivity index is 0.000000477. The van der Waals surface area contributed by atoms with Gasteiger partial charge in [-0.25, -0.2) is 4.79 Å². The fraction of sp³-hybridized carbons (Fsp3) is 0.812. The number of aliphatic carboxylic acids is 2. The predicted octanol–water partition coefficient (Wildman–Crippen LogP) is -1.18. The summed E-state index contributed by atoms with van der Waals surface area (Å²) in [6, 6.07) is -0.621. The standard InChI is InChI=1S/C9H15NO3S.C7H15NO3/c1-6(5-14)8(11)10-4-2-3-7(10)9(12)13;1-8(2,3)5-6(9)4-7(10)11/h6-7,14H,2-5H2,1H3,(H,12,13);6,9H,4-5H2,1-3H3/t6-,7+;6-/m11/s1. The highest BCUT2D eigenvalue weighted by Crippen LogP contribution is 2.20. The van der Waals surface area contributed by atoms with Crippen LogP contribution in [0, 0.1) is 5.92 Å². The molecule has 0 unspecified atom stereocenters. The van der Waals surface area contributed by atoms with Crippen LogP contribution in [0.5, 0.6) is 0 Å². The summed E-state index contributed by atoms with van der Waals surface area (Å²) in [5.74, 6) is -1.93. The largest absolute Gasteiger partial charge is 0.550 e. The van der Waals surface area contributed by atoms with E-state index in [9.17, 15) is 19.5 Å². The average molecular weight is 378 g/mol. The number of carboxylic acid groups (broad SMARTS) is 2. The number of thiol groups is 1. The van der Waals surface area contributed by atoms with E-state index in [1.165, 1.54) is 4.90 Å². The minimum Gasteiger partial charge on any atom is -0.550 e. The van der Waals surface area contributed by atoms with Gasteiger partial charge in [0.2, 0.25) is 5.91 Å². The van der Waals surface area contributed by atoms with Crippen LogP contribution in [0.4, 0.5) is 0 Å². The molecule has 1 rings (SSSR count). The lowest BCUT2D eigenvalue weighted by molar-refractivity contribution is -0.873. The van der Waals surface area contributed by atoms with Crippen molar-refractivity contribution < 1.29 is 34.2 Å². The van der Waals surface area contributed by atoms with Crippen LogP contribution < -0.4 is 5.11 Å². The molecule has 3 atom stereocenters. The number of amides is 1. The molecule has 1 heterocycles. The predicted molar refractivity (Wildman–Crippen MR) is 93.9 cm³/mol. The SMILES string of the molecule is C[C@H](CS)C(=O)N1CCC[C@H]1C(=O)O.C[N+](C)(C)C[C@H](O)CC(=O)[O-]. The fourth-order valence-corrected chi connectivity index (χ4v) is 2.69. The summed E-state index contributed by atoms with van der Waals surface area (Å²) in [4.78, 5) is 34.0. The zero-order chi connectivity index (χ0) is 19.8. The third-order valence-corrected chi connectivity index (χ3v) is 4.22. The minimum absolute atomic E-state index is 0.0927. The number of hydrogen-bond acceptors (Lipinski definition) is 6. The topological polar surface area (TPSA) is 118 Å². The Kier molecular flexibility index (Phi) is 10.1. The van der Waals surface area contributed by atoms with Gasteiger partial charge < -0.3 is 29.5 Å². The number of aliphatic hydroxyl groups excluding tert-OH is 1. The van der Waals surface area contributed by atoms with Gasteiger partial charge in [-0.15, -0.1) is 0 Å². The molecule has 0 saturated carbocycles. The van der Waals surface area contributed by atoms with Crippen molar-refractivity contribution in [3.8, 4) is 0 Å². The minimum atomic E-state index is -1.20. The molecule has 0 bridgehead atoms. The molecule has 146 valence electrons. The number of carbonyl (C=O) groups is 3. The lowest BCUT2D eigenvalue weighted by atomic mass is 10.1. The van der Waals surface area contributed by atoms with Crippen LogP contribution in [0.15, 0.2) is 0 Å². The van der Waals surface area contributed by atoms with Crippen LogP contribution >= 0.6 is 12.6 Å². The zero-order valence-electron chi connectivity index (χ0n) is 15.3. The number of hydrogen-bond donors (Lipinski definition) is 3. The Hall–Kier alpha value is -1.32. The molecule has 0 aliphatic carbocycles. The van der Waals surface area contributed by atoms with Crippen LogP contribution in [-0.4, -0.2) is 89.6 Å². The molecule has 25 heavy (non-hydrogen) atoms.